The minimum atomic E-state index is -3.27. The lowest BCUT2D eigenvalue weighted by atomic mass is 10.3. The Kier molecular flexibility index (Phi) is 5.51. The molecular weight excluding hydrogens is 356 g/mol. The SMILES string of the molecule is CS(=O)(=O)c1ccc(OCC(=O)N2CCN(S(C)(=O)=O)CC2)cc1. The van der Waals surface area contributed by atoms with E-state index >= 15 is 0 Å². The van der Waals surface area contributed by atoms with Crippen LogP contribution in [0.25, 0.3) is 0 Å². The lowest BCUT2D eigenvalue weighted by molar-refractivity contribution is -0.134. The molecule has 1 amide bonds. The zero-order chi connectivity index (χ0) is 18.0. The molecule has 2 rings (SSSR count). The van der Waals surface area contributed by atoms with E-state index in [-0.39, 0.29) is 30.5 Å². The summed E-state index contributed by atoms with van der Waals surface area (Å²) in [7, 11) is -6.50. The molecule has 1 saturated heterocycles. The lowest BCUT2D eigenvalue weighted by Gasteiger charge is -2.33. The molecule has 1 aromatic carbocycles. The minimum absolute atomic E-state index is 0.179. The quantitative estimate of drug-likeness (QED) is 0.691. The van der Waals surface area contributed by atoms with Gasteiger partial charge in [0.25, 0.3) is 5.91 Å². The maximum Gasteiger partial charge on any atom is 0.260 e. The molecule has 0 radical (unpaired) electrons. The summed E-state index contributed by atoms with van der Waals surface area (Å²) in [6, 6.07) is 5.82. The van der Waals surface area contributed by atoms with E-state index < -0.39 is 19.9 Å². The smallest absolute Gasteiger partial charge is 0.260 e. The summed E-state index contributed by atoms with van der Waals surface area (Å²) in [6.07, 6.45) is 2.26. The van der Waals surface area contributed by atoms with Crippen LogP contribution < -0.4 is 4.74 Å². The van der Waals surface area contributed by atoms with Crippen molar-refractivity contribution in [1.29, 1.82) is 0 Å². The van der Waals surface area contributed by atoms with Crippen LogP contribution in [-0.4, -0.2) is 77.2 Å². The van der Waals surface area contributed by atoms with Crippen molar-refractivity contribution < 1.29 is 26.4 Å². The molecule has 0 aromatic heterocycles. The fourth-order valence-electron chi connectivity index (χ4n) is 2.29. The molecule has 1 heterocycles. The highest BCUT2D eigenvalue weighted by atomic mass is 32.2. The maximum absolute atomic E-state index is 12.1. The predicted molar refractivity (Wildman–Crippen MR) is 88.0 cm³/mol. The van der Waals surface area contributed by atoms with Crippen LogP contribution in [0.5, 0.6) is 5.75 Å². The number of amides is 1. The Morgan fingerprint density at radius 1 is 1.00 bits per heavy atom. The average Bonchev–Trinajstić information content (AvgIpc) is 2.51. The number of hydrogen-bond donors (Lipinski definition) is 0. The van der Waals surface area contributed by atoms with Crippen LogP contribution in [0.2, 0.25) is 0 Å². The molecule has 1 aliphatic rings. The van der Waals surface area contributed by atoms with Crippen LogP contribution in [-0.2, 0) is 24.7 Å². The Morgan fingerprint density at radius 2 is 1.54 bits per heavy atom. The number of sulfonamides is 1. The first-order valence-corrected chi connectivity index (χ1v) is 11.0. The summed E-state index contributed by atoms with van der Waals surface area (Å²) in [5.74, 6) is 0.154. The molecule has 10 heteroatoms. The Balaban J connectivity index is 1.86. The summed E-state index contributed by atoms with van der Waals surface area (Å²) in [6.45, 7) is 1.00. The number of carbonyl (C=O) groups is 1. The second kappa shape index (κ2) is 7.08. The number of carbonyl (C=O) groups excluding carboxylic acids is 1. The normalized spacial score (nSPS) is 16.8. The van der Waals surface area contributed by atoms with Gasteiger partial charge in [-0.05, 0) is 24.3 Å². The fraction of sp³-hybridized carbons (Fsp3) is 0.500. The van der Waals surface area contributed by atoms with E-state index in [1.165, 1.54) is 28.6 Å². The van der Waals surface area contributed by atoms with E-state index in [1.54, 1.807) is 4.90 Å². The van der Waals surface area contributed by atoms with Crippen molar-refractivity contribution in [2.45, 2.75) is 4.90 Å². The van der Waals surface area contributed by atoms with Gasteiger partial charge in [0, 0.05) is 32.4 Å². The fourth-order valence-corrected chi connectivity index (χ4v) is 3.75. The molecule has 0 atom stereocenters. The standard InChI is InChI=1S/C14H20N2O6S2/c1-23(18,19)13-5-3-12(4-6-13)22-11-14(17)15-7-9-16(10-8-15)24(2,20)21/h3-6H,7-11H2,1-2H3. The van der Waals surface area contributed by atoms with Gasteiger partial charge in [0.2, 0.25) is 10.0 Å². The summed E-state index contributed by atoms with van der Waals surface area (Å²) < 4.78 is 52.3. The zero-order valence-corrected chi connectivity index (χ0v) is 15.1. The minimum Gasteiger partial charge on any atom is -0.484 e. The first-order chi connectivity index (χ1) is 11.1. The van der Waals surface area contributed by atoms with E-state index in [0.29, 0.717) is 18.8 Å². The number of hydrogen-bond acceptors (Lipinski definition) is 6. The first kappa shape index (κ1) is 18.7. The molecule has 8 nitrogen and oxygen atoms in total. The van der Waals surface area contributed by atoms with Crippen LogP contribution >= 0.6 is 0 Å². The van der Waals surface area contributed by atoms with Crippen molar-refractivity contribution in [3.05, 3.63) is 24.3 Å². The highest BCUT2D eigenvalue weighted by molar-refractivity contribution is 7.90. The van der Waals surface area contributed by atoms with Gasteiger partial charge >= 0.3 is 0 Å². The van der Waals surface area contributed by atoms with Gasteiger partial charge < -0.3 is 9.64 Å². The number of benzene rings is 1. The number of ether oxygens (including phenoxy) is 1. The number of piperazine rings is 1. The first-order valence-electron chi connectivity index (χ1n) is 7.23. The molecule has 0 N–H and O–H groups in total. The average molecular weight is 376 g/mol. The molecule has 1 aromatic rings. The number of rotatable bonds is 5. The second-order valence-corrected chi connectivity index (χ2v) is 9.57. The van der Waals surface area contributed by atoms with E-state index in [9.17, 15) is 21.6 Å². The van der Waals surface area contributed by atoms with Crippen molar-refractivity contribution in [3.63, 3.8) is 0 Å². The highest BCUT2D eigenvalue weighted by Crippen LogP contribution is 2.16. The van der Waals surface area contributed by atoms with Crippen LogP contribution in [0.4, 0.5) is 0 Å². The van der Waals surface area contributed by atoms with Gasteiger partial charge in [-0.25, -0.2) is 16.8 Å². The monoisotopic (exact) mass is 376 g/mol. The molecule has 0 aliphatic carbocycles. The van der Waals surface area contributed by atoms with Gasteiger partial charge in [-0.3, -0.25) is 4.79 Å². The van der Waals surface area contributed by atoms with Gasteiger partial charge in [0.1, 0.15) is 5.75 Å². The zero-order valence-electron chi connectivity index (χ0n) is 13.5. The van der Waals surface area contributed by atoms with Crippen molar-refractivity contribution >= 4 is 25.8 Å². The highest BCUT2D eigenvalue weighted by Gasteiger charge is 2.26. The number of sulfone groups is 1. The van der Waals surface area contributed by atoms with Crippen molar-refractivity contribution in [1.82, 2.24) is 9.21 Å². The third-order valence-electron chi connectivity index (χ3n) is 3.67. The van der Waals surface area contributed by atoms with Crippen LogP contribution in [0.15, 0.2) is 29.2 Å². The Morgan fingerprint density at radius 3 is 2.00 bits per heavy atom. The predicted octanol–water partition coefficient (Wildman–Crippen LogP) is -0.427. The summed E-state index contributed by atoms with van der Waals surface area (Å²) in [4.78, 5) is 13.8. The number of nitrogens with zero attached hydrogens (tertiary/aromatic N) is 2. The van der Waals surface area contributed by atoms with Crippen LogP contribution in [0.3, 0.4) is 0 Å². The molecule has 0 saturated carbocycles. The molecule has 0 bridgehead atoms. The topological polar surface area (TPSA) is 101 Å². The van der Waals surface area contributed by atoms with Crippen LogP contribution in [0.1, 0.15) is 0 Å². The van der Waals surface area contributed by atoms with Gasteiger partial charge in [-0.2, -0.15) is 4.31 Å². The molecule has 1 aliphatic heterocycles. The molecule has 0 unspecified atom stereocenters. The molecule has 134 valence electrons. The Bertz CT molecular complexity index is 794. The van der Waals surface area contributed by atoms with Gasteiger partial charge in [0.15, 0.2) is 16.4 Å². The summed E-state index contributed by atoms with van der Waals surface area (Å²) >= 11 is 0. The van der Waals surface area contributed by atoms with Gasteiger partial charge in [-0.15, -0.1) is 0 Å². The Hall–Kier alpha value is -1.65. The molecular formula is C14H20N2O6S2. The Labute approximate surface area is 142 Å². The largest absolute Gasteiger partial charge is 0.484 e. The van der Waals surface area contributed by atoms with Crippen LogP contribution in [0, 0.1) is 0 Å². The summed E-state index contributed by atoms with van der Waals surface area (Å²) in [5, 5.41) is 0. The van der Waals surface area contributed by atoms with Crippen molar-refractivity contribution in [3.8, 4) is 5.75 Å². The molecule has 1 fully saturated rings. The maximum atomic E-state index is 12.1. The third kappa shape index (κ3) is 4.92. The second-order valence-electron chi connectivity index (χ2n) is 5.58. The molecule has 24 heavy (non-hydrogen) atoms. The van der Waals surface area contributed by atoms with E-state index in [1.807, 2.05) is 0 Å². The van der Waals surface area contributed by atoms with E-state index in [2.05, 4.69) is 0 Å². The third-order valence-corrected chi connectivity index (χ3v) is 6.11. The summed E-state index contributed by atoms with van der Waals surface area (Å²) in [5.41, 5.74) is 0. The van der Waals surface area contributed by atoms with E-state index in [4.69, 9.17) is 4.74 Å². The van der Waals surface area contributed by atoms with Gasteiger partial charge in [-0.1, -0.05) is 0 Å². The lowest BCUT2D eigenvalue weighted by Crippen LogP contribution is -2.51. The van der Waals surface area contributed by atoms with Gasteiger partial charge in [0.05, 0.1) is 11.2 Å². The molecule has 0 spiro atoms. The van der Waals surface area contributed by atoms with E-state index in [0.717, 1.165) is 12.5 Å². The van der Waals surface area contributed by atoms with Crippen molar-refractivity contribution in [2.24, 2.45) is 0 Å². The van der Waals surface area contributed by atoms with Crippen molar-refractivity contribution in [2.75, 3.05) is 45.3 Å².